The molecule has 1 atom stereocenters. The van der Waals surface area contributed by atoms with Crippen molar-refractivity contribution >= 4 is 21.9 Å². The first kappa shape index (κ1) is 31.7. The maximum atomic E-state index is 6.30. The minimum absolute atomic E-state index is 0.0291. The Morgan fingerprint density at radius 1 is 0.720 bits per heavy atom. The number of benzene rings is 5. The van der Waals surface area contributed by atoms with Crippen molar-refractivity contribution in [3.8, 4) is 33.6 Å². The molecule has 7 aromatic rings. The lowest BCUT2D eigenvalue weighted by molar-refractivity contribution is 0.657. The Bertz CT molecular complexity index is 2440. The topological polar surface area (TPSA) is 38.9 Å². The Morgan fingerprint density at radius 3 is 2.24 bits per heavy atom. The van der Waals surface area contributed by atoms with E-state index in [2.05, 4.69) is 150 Å². The molecule has 2 aromatic heterocycles. The van der Waals surface area contributed by atoms with Gasteiger partial charge >= 0.3 is 0 Å². The molecule has 0 N–H and O–H groups in total. The minimum Gasteiger partial charge on any atom is -0.456 e. The van der Waals surface area contributed by atoms with E-state index >= 15 is 0 Å². The predicted octanol–water partition coefficient (Wildman–Crippen LogP) is 12.6. The smallest absolute Gasteiger partial charge is 0.136 e. The van der Waals surface area contributed by atoms with Crippen LogP contribution in [0.5, 0.6) is 0 Å². The van der Waals surface area contributed by atoms with Gasteiger partial charge in [0.1, 0.15) is 17.0 Å². The van der Waals surface area contributed by atoms with Crippen LogP contribution in [0.1, 0.15) is 68.1 Å². The van der Waals surface area contributed by atoms with E-state index in [4.69, 9.17) is 14.4 Å². The molecule has 2 heterocycles. The van der Waals surface area contributed by atoms with Gasteiger partial charge in [-0.15, -0.1) is 0 Å². The van der Waals surface area contributed by atoms with E-state index in [9.17, 15) is 0 Å². The molecule has 0 radical (unpaired) electrons. The third kappa shape index (κ3) is 5.47. The summed E-state index contributed by atoms with van der Waals surface area (Å²) in [5.74, 6) is 0.872. The Labute approximate surface area is 295 Å². The fourth-order valence-corrected chi connectivity index (χ4v) is 7.85. The minimum atomic E-state index is -0.0469. The maximum absolute atomic E-state index is 6.30. The van der Waals surface area contributed by atoms with E-state index in [1.807, 2.05) is 18.2 Å². The highest BCUT2D eigenvalue weighted by Gasteiger charge is 2.35. The Balaban J connectivity index is 1.23. The van der Waals surface area contributed by atoms with Crippen molar-refractivity contribution in [2.24, 2.45) is 0 Å². The first-order chi connectivity index (χ1) is 24.4. The molecule has 0 saturated carbocycles. The van der Waals surface area contributed by atoms with Crippen molar-refractivity contribution < 1.29 is 4.42 Å². The number of allylic oxidation sites excluding steroid dienone is 4. The summed E-state index contributed by atoms with van der Waals surface area (Å²) in [7, 11) is 0. The normalized spacial score (nSPS) is 14.4. The highest BCUT2D eigenvalue weighted by Crippen LogP contribution is 2.49. The molecular weight excluding hydrogens is 609 g/mol. The van der Waals surface area contributed by atoms with Crippen LogP contribution in [0.2, 0.25) is 0 Å². The van der Waals surface area contributed by atoms with Crippen molar-refractivity contribution in [3.05, 3.63) is 167 Å². The molecular formula is C47H42N2O. The molecule has 1 aliphatic carbocycles. The standard InChI is InChI=1S/C47H42N2O/c1-6-8-16-32(26-34-27-41-39(25-30(34)3)36-19-12-14-21-40(36)47(41,4)5)35(7-2)46-48-42(31-17-10-9-11-18-31)29-43(49-46)33-23-24-38-37-20-13-15-22-44(37)50-45(38)28-33/h6,8-25,27-29,35H,7,26H2,1-5H3/b8-6-,32-16+. The highest BCUT2D eigenvalue weighted by molar-refractivity contribution is 6.05. The van der Waals surface area contributed by atoms with Gasteiger partial charge in [0.15, 0.2) is 0 Å². The summed E-state index contributed by atoms with van der Waals surface area (Å²) in [6.07, 6.45) is 8.27. The molecule has 3 nitrogen and oxygen atoms in total. The van der Waals surface area contributed by atoms with Crippen LogP contribution < -0.4 is 0 Å². The van der Waals surface area contributed by atoms with E-state index in [0.29, 0.717) is 0 Å². The monoisotopic (exact) mass is 650 g/mol. The lowest BCUT2D eigenvalue weighted by Gasteiger charge is -2.24. The Kier molecular flexibility index (Phi) is 8.07. The van der Waals surface area contributed by atoms with Crippen LogP contribution in [0.3, 0.4) is 0 Å². The number of hydrogen-bond donors (Lipinski definition) is 0. The summed E-state index contributed by atoms with van der Waals surface area (Å²) in [6, 6.07) is 41.0. The van der Waals surface area contributed by atoms with Crippen molar-refractivity contribution in [3.63, 3.8) is 0 Å². The lowest BCUT2D eigenvalue weighted by Crippen LogP contribution is -2.16. The van der Waals surface area contributed by atoms with Crippen LogP contribution in [0.25, 0.3) is 55.6 Å². The van der Waals surface area contributed by atoms with Gasteiger partial charge in [0.25, 0.3) is 0 Å². The van der Waals surface area contributed by atoms with Gasteiger partial charge in [-0.05, 0) is 84.3 Å². The molecule has 50 heavy (non-hydrogen) atoms. The molecule has 3 heteroatoms. The third-order valence-electron chi connectivity index (χ3n) is 10.6. The fraction of sp³-hybridized carbons (Fsp3) is 0.191. The molecule has 246 valence electrons. The third-order valence-corrected chi connectivity index (χ3v) is 10.6. The lowest BCUT2D eigenvalue weighted by atomic mass is 9.80. The average molecular weight is 651 g/mol. The Hall–Kier alpha value is -5.54. The second kappa shape index (κ2) is 12.7. The quantitative estimate of drug-likeness (QED) is 0.154. The van der Waals surface area contributed by atoms with Gasteiger partial charge in [-0.2, -0.15) is 0 Å². The van der Waals surface area contributed by atoms with Crippen LogP contribution in [-0.2, 0) is 11.8 Å². The summed E-state index contributed by atoms with van der Waals surface area (Å²) < 4.78 is 6.30. The zero-order chi connectivity index (χ0) is 34.4. The largest absolute Gasteiger partial charge is 0.456 e. The number of nitrogens with zero attached hydrogens (tertiary/aromatic N) is 2. The molecule has 0 aliphatic heterocycles. The van der Waals surface area contributed by atoms with E-state index in [0.717, 1.165) is 63.1 Å². The van der Waals surface area contributed by atoms with Gasteiger partial charge in [-0.3, -0.25) is 0 Å². The van der Waals surface area contributed by atoms with Crippen molar-refractivity contribution in [2.45, 2.75) is 58.8 Å². The number of hydrogen-bond acceptors (Lipinski definition) is 3. The molecule has 0 fully saturated rings. The molecule has 0 bridgehead atoms. The zero-order valence-corrected chi connectivity index (χ0v) is 29.5. The van der Waals surface area contributed by atoms with Gasteiger partial charge in [0.05, 0.1) is 11.4 Å². The molecule has 0 spiro atoms. The van der Waals surface area contributed by atoms with Gasteiger partial charge in [-0.1, -0.05) is 136 Å². The predicted molar refractivity (Wildman–Crippen MR) is 209 cm³/mol. The molecule has 1 aliphatic rings. The summed E-state index contributed by atoms with van der Waals surface area (Å²) in [4.78, 5) is 10.6. The second-order valence-electron chi connectivity index (χ2n) is 14.1. The van der Waals surface area contributed by atoms with E-state index < -0.39 is 0 Å². The van der Waals surface area contributed by atoms with Gasteiger partial charge < -0.3 is 4.42 Å². The maximum Gasteiger partial charge on any atom is 0.136 e. The molecule has 1 unspecified atom stereocenters. The molecule has 5 aromatic carbocycles. The number of aromatic nitrogens is 2. The summed E-state index contributed by atoms with van der Waals surface area (Å²) in [5, 5.41) is 2.24. The van der Waals surface area contributed by atoms with Gasteiger partial charge in [0, 0.05) is 33.2 Å². The van der Waals surface area contributed by atoms with E-state index in [1.54, 1.807) is 0 Å². The fourth-order valence-electron chi connectivity index (χ4n) is 7.85. The molecule has 0 saturated heterocycles. The summed E-state index contributed by atoms with van der Waals surface area (Å²) >= 11 is 0. The molecule has 0 amide bonds. The number of rotatable bonds is 8. The summed E-state index contributed by atoms with van der Waals surface area (Å²) in [6.45, 7) is 11.3. The number of aryl methyl sites for hydroxylation is 1. The SMILES string of the molecule is C/C=C\C=C(/Cc1cc2c(cc1C)-c1ccccc1C2(C)C)C(CC)c1nc(-c2ccccc2)cc(-c2ccc3c(c2)oc2ccccc23)n1. The van der Waals surface area contributed by atoms with Crippen LogP contribution in [0, 0.1) is 6.92 Å². The average Bonchev–Trinajstić information content (AvgIpc) is 3.62. The first-order valence-corrected chi connectivity index (χ1v) is 17.8. The first-order valence-electron chi connectivity index (χ1n) is 17.8. The van der Waals surface area contributed by atoms with Crippen LogP contribution in [-0.4, -0.2) is 9.97 Å². The summed E-state index contributed by atoms with van der Waals surface area (Å²) in [5.41, 5.74) is 15.1. The number of para-hydroxylation sites is 1. The van der Waals surface area contributed by atoms with Crippen molar-refractivity contribution in [2.75, 3.05) is 0 Å². The zero-order valence-electron chi connectivity index (χ0n) is 29.5. The van der Waals surface area contributed by atoms with Crippen molar-refractivity contribution in [1.29, 1.82) is 0 Å². The van der Waals surface area contributed by atoms with Crippen molar-refractivity contribution in [1.82, 2.24) is 9.97 Å². The van der Waals surface area contributed by atoms with Crippen LogP contribution in [0.15, 0.2) is 143 Å². The number of fused-ring (bicyclic) bond motifs is 6. The van der Waals surface area contributed by atoms with Gasteiger partial charge in [-0.25, -0.2) is 9.97 Å². The Morgan fingerprint density at radius 2 is 1.44 bits per heavy atom. The van der Waals surface area contributed by atoms with Gasteiger partial charge in [0.2, 0.25) is 0 Å². The van der Waals surface area contributed by atoms with E-state index in [1.165, 1.54) is 39.0 Å². The van der Waals surface area contributed by atoms with Crippen LogP contribution >= 0.6 is 0 Å². The highest BCUT2D eigenvalue weighted by atomic mass is 16.3. The van der Waals surface area contributed by atoms with Crippen LogP contribution in [0.4, 0.5) is 0 Å². The molecule has 8 rings (SSSR count). The second-order valence-corrected chi connectivity index (χ2v) is 14.1. The number of furan rings is 1. The van der Waals surface area contributed by atoms with E-state index in [-0.39, 0.29) is 11.3 Å².